The monoisotopic (exact) mass is 395 g/mol. The van der Waals surface area contributed by atoms with Crippen molar-refractivity contribution in [3.05, 3.63) is 12.2 Å². The highest BCUT2D eigenvalue weighted by molar-refractivity contribution is 7.88. The van der Waals surface area contributed by atoms with Crippen LogP contribution in [0.5, 0.6) is 0 Å². The van der Waals surface area contributed by atoms with Gasteiger partial charge in [0, 0.05) is 51.0 Å². The first-order chi connectivity index (χ1) is 12.8. The first kappa shape index (κ1) is 18.9. The van der Waals surface area contributed by atoms with Crippen LogP contribution in [0, 0.1) is 11.3 Å². The summed E-state index contributed by atoms with van der Waals surface area (Å²) in [6.07, 6.45) is 9.62. The van der Waals surface area contributed by atoms with Gasteiger partial charge in [-0.25, -0.2) is 12.7 Å². The number of hydrogen-bond donors (Lipinski definition) is 0. The Morgan fingerprint density at radius 3 is 2.56 bits per heavy atom. The van der Waals surface area contributed by atoms with Crippen molar-refractivity contribution < 1.29 is 13.2 Å². The first-order valence-electron chi connectivity index (χ1n) is 9.85. The Morgan fingerprint density at radius 1 is 1.26 bits per heavy atom. The predicted molar refractivity (Wildman–Crippen MR) is 100 cm³/mol. The summed E-state index contributed by atoms with van der Waals surface area (Å²) < 4.78 is 27.7. The van der Waals surface area contributed by atoms with Gasteiger partial charge in [-0.15, -0.1) is 10.2 Å². The maximum absolute atomic E-state index is 12.6. The van der Waals surface area contributed by atoms with Crippen LogP contribution in [0.25, 0.3) is 0 Å². The molecule has 0 radical (unpaired) electrons. The Hall–Kier alpha value is -1.48. The average Bonchev–Trinajstić information content (AvgIpc) is 3.29. The third-order valence-electron chi connectivity index (χ3n) is 6.75. The second-order valence-corrected chi connectivity index (χ2v) is 10.7. The topological polar surface area (TPSA) is 88.4 Å². The molecule has 3 fully saturated rings. The maximum Gasteiger partial charge on any atom is 0.222 e. The van der Waals surface area contributed by atoms with Gasteiger partial charge in [-0.1, -0.05) is 25.7 Å². The molecule has 1 amide bonds. The van der Waals surface area contributed by atoms with Gasteiger partial charge in [0.1, 0.15) is 12.2 Å². The Balaban J connectivity index is 1.44. The highest BCUT2D eigenvalue weighted by Crippen LogP contribution is 2.49. The van der Waals surface area contributed by atoms with Crippen molar-refractivity contribution in [2.24, 2.45) is 18.4 Å². The molecule has 3 aliphatic rings. The zero-order chi connectivity index (χ0) is 19.2. The summed E-state index contributed by atoms with van der Waals surface area (Å²) in [6, 6.07) is 0. The summed E-state index contributed by atoms with van der Waals surface area (Å²) in [5.74, 6) is 1.70. The molecule has 1 aromatic rings. The smallest absolute Gasteiger partial charge is 0.222 e. The molecule has 8 nitrogen and oxygen atoms in total. The molecule has 3 heterocycles. The normalized spacial score (nSPS) is 26.0. The molecule has 1 atom stereocenters. The fourth-order valence-electron chi connectivity index (χ4n) is 5.13. The molecule has 150 valence electrons. The minimum Gasteiger partial charge on any atom is -0.341 e. The van der Waals surface area contributed by atoms with Gasteiger partial charge in [0.25, 0.3) is 0 Å². The van der Waals surface area contributed by atoms with Crippen LogP contribution in [-0.4, -0.2) is 70.7 Å². The van der Waals surface area contributed by atoms with Gasteiger partial charge >= 0.3 is 0 Å². The first-order valence-corrected chi connectivity index (χ1v) is 11.7. The lowest BCUT2D eigenvalue weighted by Crippen LogP contribution is -2.61. The summed E-state index contributed by atoms with van der Waals surface area (Å²) in [7, 11) is -1.39. The molecule has 2 aliphatic heterocycles. The van der Waals surface area contributed by atoms with E-state index in [4.69, 9.17) is 0 Å². The van der Waals surface area contributed by atoms with Crippen LogP contribution < -0.4 is 0 Å². The van der Waals surface area contributed by atoms with Gasteiger partial charge in [-0.2, -0.15) is 0 Å². The fraction of sp³-hybridized carbons (Fsp3) is 0.833. The van der Waals surface area contributed by atoms with E-state index >= 15 is 0 Å². The van der Waals surface area contributed by atoms with Crippen molar-refractivity contribution in [3.8, 4) is 0 Å². The molecular weight excluding hydrogens is 366 g/mol. The Bertz CT molecular complexity index is 809. The zero-order valence-corrected chi connectivity index (χ0v) is 17.0. The van der Waals surface area contributed by atoms with Gasteiger partial charge < -0.3 is 9.47 Å². The molecule has 9 heteroatoms. The number of aryl methyl sites for hydroxylation is 1. The molecule has 1 spiro atoms. The SMILES string of the molecule is Cn1cnnc1C1CN(S(C)(=O)=O)CC12CN(C(=O)CCC1CCCC1)C2. The molecule has 27 heavy (non-hydrogen) atoms. The van der Waals surface area contributed by atoms with E-state index in [1.807, 2.05) is 16.5 Å². The van der Waals surface area contributed by atoms with Gasteiger partial charge in [-0.3, -0.25) is 4.79 Å². The minimum atomic E-state index is -3.27. The quantitative estimate of drug-likeness (QED) is 0.741. The van der Waals surface area contributed by atoms with E-state index in [9.17, 15) is 13.2 Å². The predicted octanol–water partition coefficient (Wildman–Crippen LogP) is 0.973. The number of carbonyl (C=O) groups is 1. The van der Waals surface area contributed by atoms with Crippen molar-refractivity contribution in [1.82, 2.24) is 24.0 Å². The maximum atomic E-state index is 12.6. The molecule has 1 aliphatic carbocycles. The van der Waals surface area contributed by atoms with E-state index in [1.165, 1.54) is 36.2 Å². The Labute approximate surface area is 161 Å². The van der Waals surface area contributed by atoms with E-state index in [1.54, 1.807) is 6.33 Å². The van der Waals surface area contributed by atoms with Crippen LogP contribution in [0.2, 0.25) is 0 Å². The van der Waals surface area contributed by atoms with Crippen LogP contribution in [-0.2, 0) is 21.9 Å². The number of sulfonamides is 1. The van der Waals surface area contributed by atoms with E-state index in [0.29, 0.717) is 38.5 Å². The lowest BCUT2D eigenvalue weighted by Gasteiger charge is -2.50. The summed E-state index contributed by atoms with van der Waals surface area (Å²) in [6.45, 7) is 2.09. The number of rotatable bonds is 5. The summed E-state index contributed by atoms with van der Waals surface area (Å²) in [4.78, 5) is 14.5. The number of aromatic nitrogens is 3. The van der Waals surface area contributed by atoms with Crippen molar-refractivity contribution in [3.63, 3.8) is 0 Å². The number of nitrogens with zero attached hydrogens (tertiary/aromatic N) is 5. The Kier molecular flexibility index (Phi) is 4.78. The van der Waals surface area contributed by atoms with Crippen LogP contribution in [0.3, 0.4) is 0 Å². The molecular formula is C18H29N5O3S. The number of carbonyl (C=O) groups excluding carboxylic acids is 1. The largest absolute Gasteiger partial charge is 0.341 e. The highest BCUT2D eigenvalue weighted by Gasteiger charge is 2.58. The molecule has 1 aromatic heterocycles. The van der Waals surface area contributed by atoms with Crippen LogP contribution in [0.4, 0.5) is 0 Å². The summed E-state index contributed by atoms with van der Waals surface area (Å²) >= 11 is 0. The summed E-state index contributed by atoms with van der Waals surface area (Å²) in [5, 5.41) is 8.21. The molecule has 0 bridgehead atoms. The lowest BCUT2D eigenvalue weighted by atomic mass is 9.71. The molecule has 2 saturated heterocycles. The van der Waals surface area contributed by atoms with E-state index in [2.05, 4.69) is 10.2 Å². The number of hydrogen-bond acceptors (Lipinski definition) is 5. The molecule has 0 aromatic carbocycles. The van der Waals surface area contributed by atoms with Crippen LogP contribution >= 0.6 is 0 Å². The van der Waals surface area contributed by atoms with E-state index in [-0.39, 0.29) is 17.2 Å². The van der Waals surface area contributed by atoms with Gasteiger partial charge in [-0.05, 0) is 12.3 Å². The molecule has 1 saturated carbocycles. The second kappa shape index (κ2) is 6.84. The van der Waals surface area contributed by atoms with Crippen molar-refractivity contribution >= 4 is 15.9 Å². The molecule has 0 N–H and O–H groups in total. The van der Waals surface area contributed by atoms with E-state index in [0.717, 1.165) is 12.2 Å². The van der Waals surface area contributed by atoms with Crippen molar-refractivity contribution in [2.45, 2.75) is 44.4 Å². The highest BCUT2D eigenvalue weighted by atomic mass is 32.2. The second-order valence-electron chi connectivity index (χ2n) is 8.71. The number of likely N-dealkylation sites (tertiary alicyclic amines) is 1. The van der Waals surface area contributed by atoms with Crippen molar-refractivity contribution in [2.75, 3.05) is 32.4 Å². The summed E-state index contributed by atoms with van der Waals surface area (Å²) in [5.41, 5.74) is -0.243. The standard InChI is InChI=1S/C18H29N5O3S/c1-21-13-19-20-17(21)15-9-23(27(2,25)26)12-18(15)10-22(11-18)16(24)8-7-14-5-3-4-6-14/h13-15H,3-12H2,1-2H3. The third-order valence-corrected chi connectivity index (χ3v) is 7.97. The van der Waals surface area contributed by atoms with Crippen LogP contribution in [0.15, 0.2) is 6.33 Å². The minimum absolute atomic E-state index is 0.0291. The average molecular weight is 396 g/mol. The van der Waals surface area contributed by atoms with Crippen LogP contribution in [0.1, 0.15) is 50.3 Å². The fourth-order valence-corrected chi connectivity index (χ4v) is 6.05. The zero-order valence-electron chi connectivity index (χ0n) is 16.2. The molecule has 4 rings (SSSR count). The van der Waals surface area contributed by atoms with Crippen molar-refractivity contribution in [1.29, 1.82) is 0 Å². The number of amides is 1. The van der Waals surface area contributed by atoms with Gasteiger partial charge in [0.05, 0.1) is 6.26 Å². The van der Waals surface area contributed by atoms with E-state index < -0.39 is 10.0 Å². The molecule has 1 unspecified atom stereocenters. The van der Waals surface area contributed by atoms with Gasteiger partial charge in [0.15, 0.2) is 0 Å². The van der Waals surface area contributed by atoms with Gasteiger partial charge in [0.2, 0.25) is 15.9 Å². The lowest BCUT2D eigenvalue weighted by molar-refractivity contribution is -0.143. The third kappa shape index (κ3) is 3.51. The Morgan fingerprint density at radius 2 is 1.96 bits per heavy atom.